The van der Waals surface area contributed by atoms with E-state index >= 15 is 0 Å². The largest absolute Gasteiger partial charge is 0.497 e. The lowest BCUT2D eigenvalue weighted by Crippen LogP contribution is -2.38. The molecule has 2 unspecified atom stereocenters. The molecule has 0 heterocycles. The molecule has 1 amide bonds. The summed E-state index contributed by atoms with van der Waals surface area (Å²) in [5.41, 5.74) is 5.28. The smallest absolute Gasteiger partial charge is 0.255 e. The van der Waals surface area contributed by atoms with Gasteiger partial charge < -0.3 is 19.5 Å². The molecule has 1 saturated carbocycles. The molecule has 0 saturated heterocycles. The molecule has 1 aliphatic carbocycles. The Morgan fingerprint density at radius 1 is 0.957 bits per heavy atom. The molecule has 248 valence electrons. The quantitative estimate of drug-likeness (QED) is 0.104. The summed E-state index contributed by atoms with van der Waals surface area (Å²) in [6.45, 7) is 13.8. The van der Waals surface area contributed by atoms with Gasteiger partial charge in [-0.1, -0.05) is 92.4 Å². The summed E-state index contributed by atoms with van der Waals surface area (Å²) in [6.07, 6.45) is 11.7. The number of nitrogens with one attached hydrogen (secondary N) is 1. The van der Waals surface area contributed by atoms with Crippen LogP contribution < -0.4 is 14.8 Å². The third-order valence-corrected chi connectivity index (χ3v) is 8.65. The van der Waals surface area contributed by atoms with E-state index in [1.165, 1.54) is 36.0 Å². The second-order valence-electron chi connectivity index (χ2n) is 12.2. The number of unbranched alkanes of at least 4 members (excludes halogenated alkanes) is 2. The molecule has 4 rings (SSSR count). The minimum atomic E-state index is -0.103. The average Bonchev–Trinajstić information content (AvgIpc) is 3.09. The van der Waals surface area contributed by atoms with Crippen molar-refractivity contribution in [1.82, 2.24) is 5.32 Å². The van der Waals surface area contributed by atoms with Gasteiger partial charge in [0.1, 0.15) is 17.3 Å². The van der Waals surface area contributed by atoms with Gasteiger partial charge in [-0.3, -0.25) is 4.79 Å². The summed E-state index contributed by atoms with van der Waals surface area (Å²) in [7, 11) is 1.59. The fourth-order valence-electron chi connectivity index (χ4n) is 5.65. The van der Waals surface area contributed by atoms with Crippen LogP contribution in [0.3, 0.4) is 0 Å². The van der Waals surface area contributed by atoms with E-state index in [9.17, 15) is 4.79 Å². The number of hydrogen-bond acceptors (Lipinski definition) is 4. The van der Waals surface area contributed by atoms with Crippen LogP contribution >= 0.6 is 0 Å². The van der Waals surface area contributed by atoms with Crippen molar-refractivity contribution < 1.29 is 19.0 Å². The monoisotopic (exact) mass is 625 g/mol. The number of hydrogen-bond donors (Lipinski definition) is 1. The van der Waals surface area contributed by atoms with Crippen LogP contribution in [-0.4, -0.2) is 32.3 Å². The Labute approximate surface area is 278 Å². The van der Waals surface area contributed by atoms with Gasteiger partial charge >= 0.3 is 0 Å². The summed E-state index contributed by atoms with van der Waals surface area (Å²) >= 11 is 0. The molecule has 0 bridgehead atoms. The highest BCUT2D eigenvalue weighted by molar-refractivity contribution is 5.98. The third kappa shape index (κ3) is 12.4. The first-order chi connectivity index (χ1) is 22.3. The maximum atomic E-state index is 13.5. The van der Waals surface area contributed by atoms with Crippen molar-refractivity contribution in [2.45, 2.75) is 91.5 Å². The normalized spacial score (nSPS) is 16.1. The van der Waals surface area contributed by atoms with Crippen molar-refractivity contribution in [2.75, 3.05) is 20.3 Å². The molecule has 0 spiro atoms. The van der Waals surface area contributed by atoms with Gasteiger partial charge in [0.15, 0.2) is 0 Å². The van der Waals surface area contributed by atoms with Crippen molar-refractivity contribution in [1.29, 1.82) is 0 Å². The number of carbonyl (C=O) groups excluding carboxylic acids is 1. The van der Waals surface area contributed by atoms with Crippen molar-refractivity contribution >= 4 is 11.7 Å². The van der Waals surface area contributed by atoms with Gasteiger partial charge in [0.05, 0.1) is 25.9 Å². The SMILES string of the molecule is C=C(OC)c1ccc(OCCCc2ccc(OCCCCC)cc2)c(C(=O)NC2CCCC(/C(C)=C/C)C2)c1.Cc1ccccc1. The van der Waals surface area contributed by atoms with E-state index < -0.39 is 0 Å². The van der Waals surface area contributed by atoms with E-state index in [0.717, 1.165) is 56.4 Å². The second kappa shape index (κ2) is 20.2. The predicted octanol–water partition coefficient (Wildman–Crippen LogP) is 10.1. The van der Waals surface area contributed by atoms with Crippen LogP contribution in [0.2, 0.25) is 0 Å². The van der Waals surface area contributed by atoms with Crippen LogP contribution in [-0.2, 0) is 11.2 Å². The molecule has 1 aliphatic rings. The highest BCUT2D eigenvalue weighted by Crippen LogP contribution is 2.31. The first-order valence-electron chi connectivity index (χ1n) is 17.0. The maximum Gasteiger partial charge on any atom is 0.255 e. The number of benzene rings is 3. The Kier molecular flexibility index (Phi) is 16.0. The Balaban J connectivity index is 0.000000724. The Morgan fingerprint density at radius 3 is 2.35 bits per heavy atom. The van der Waals surface area contributed by atoms with Crippen LogP contribution in [0.1, 0.15) is 99.2 Å². The molecule has 3 aromatic rings. The fourth-order valence-corrected chi connectivity index (χ4v) is 5.65. The topological polar surface area (TPSA) is 56.8 Å². The summed E-state index contributed by atoms with van der Waals surface area (Å²) in [4.78, 5) is 13.5. The van der Waals surface area contributed by atoms with Crippen LogP contribution in [0.5, 0.6) is 11.5 Å². The number of carbonyl (C=O) groups is 1. The lowest BCUT2D eigenvalue weighted by atomic mass is 9.81. The van der Waals surface area contributed by atoms with Gasteiger partial charge in [0.25, 0.3) is 5.91 Å². The summed E-state index contributed by atoms with van der Waals surface area (Å²) in [6, 6.07) is 24.3. The molecule has 5 nitrogen and oxygen atoms in total. The first kappa shape index (κ1) is 36.5. The standard InChI is InChI=1S/C34H47NO4.C7H8/c1-6-8-9-21-38-31-18-15-27(16-19-31)12-11-22-39-33-20-17-29(26(4)37-5)24-32(33)34(36)35-30-14-10-13-28(23-30)25(3)7-2;1-7-5-3-2-4-6-7/h7,15-20,24,28,30H,4,6,8-14,21-23H2,1-3,5H3,(H,35,36);2-6H,1H3/b25-7+;. The Bertz CT molecular complexity index is 1360. The number of allylic oxidation sites excluding steroid dienone is 2. The highest BCUT2D eigenvalue weighted by Gasteiger charge is 2.25. The number of ether oxygens (including phenoxy) is 3. The van der Waals surface area contributed by atoms with Crippen LogP contribution in [0.15, 0.2) is 91.0 Å². The Morgan fingerprint density at radius 2 is 1.70 bits per heavy atom. The van der Waals surface area contributed by atoms with Crippen LogP contribution in [0.25, 0.3) is 5.76 Å². The lowest BCUT2D eigenvalue weighted by molar-refractivity contribution is 0.0918. The molecule has 0 aliphatic heterocycles. The number of aryl methyl sites for hydroxylation is 2. The molecule has 2 atom stereocenters. The van der Waals surface area contributed by atoms with Gasteiger partial charge in [0, 0.05) is 11.6 Å². The molecule has 5 heteroatoms. The highest BCUT2D eigenvalue weighted by atomic mass is 16.5. The number of rotatable bonds is 15. The number of methoxy groups -OCH3 is 1. The zero-order valence-corrected chi connectivity index (χ0v) is 28.8. The van der Waals surface area contributed by atoms with E-state index in [4.69, 9.17) is 14.2 Å². The molecule has 0 aromatic heterocycles. The summed E-state index contributed by atoms with van der Waals surface area (Å²) in [5, 5.41) is 3.28. The molecule has 3 aromatic carbocycles. The van der Waals surface area contributed by atoms with Crippen molar-refractivity contribution in [3.05, 3.63) is 113 Å². The van der Waals surface area contributed by atoms with E-state index in [1.54, 1.807) is 7.11 Å². The van der Waals surface area contributed by atoms with Crippen LogP contribution in [0.4, 0.5) is 0 Å². The van der Waals surface area contributed by atoms with Crippen molar-refractivity contribution in [3.8, 4) is 11.5 Å². The minimum Gasteiger partial charge on any atom is -0.497 e. The first-order valence-corrected chi connectivity index (χ1v) is 17.0. The van der Waals surface area contributed by atoms with Crippen LogP contribution in [0, 0.1) is 12.8 Å². The van der Waals surface area contributed by atoms with Crippen molar-refractivity contribution in [2.24, 2.45) is 5.92 Å². The molecule has 1 fully saturated rings. The molecule has 46 heavy (non-hydrogen) atoms. The van der Waals surface area contributed by atoms with Gasteiger partial charge in [0.2, 0.25) is 0 Å². The molecular formula is C41H55NO4. The summed E-state index contributed by atoms with van der Waals surface area (Å²) < 4.78 is 17.3. The second-order valence-corrected chi connectivity index (χ2v) is 12.2. The predicted molar refractivity (Wildman–Crippen MR) is 192 cm³/mol. The number of amides is 1. The molecular weight excluding hydrogens is 570 g/mol. The zero-order chi connectivity index (χ0) is 33.1. The maximum absolute atomic E-state index is 13.5. The Hall–Kier alpha value is -3.99. The minimum absolute atomic E-state index is 0.103. The van der Waals surface area contributed by atoms with Gasteiger partial charge in [-0.15, -0.1) is 0 Å². The molecule has 0 radical (unpaired) electrons. The zero-order valence-electron chi connectivity index (χ0n) is 28.8. The fraction of sp³-hybridized carbons (Fsp3) is 0.439. The average molecular weight is 626 g/mol. The van der Waals surface area contributed by atoms with Gasteiger partial charge in [-0.25, -0.2) is 0 Å². The van der Waals surface area contributed by atoms with E-state index in [-0.39, 0.29) is 11.9 Å². The third-order valence-electron chi connectivity index (χ3n) is 8.65. The van der Waals surface area contributed by atoms with E-state index in [1.807, 2.05) is 48.5 Å². The van der Waals surface area contributed by atoms with Gasteiger partial charge in [-0.2, -0.15) is 0 Å². The van der Waals surface area contributed by atoms with Crippen molar-refractivity contribution in [3.63, 3.8) is 0 Å². The van der Waals surface area contributed by atoms with E-state index in [2.05, 4.69) is 69.9 Å². The summed E-state index contributed by atoms with van der Waals surface area (Å²) in [5.74, 6) is 2.47. The van der Waals surface area contributed by atoms with Gasteiger partial charge in [-0.05, 0) is 101 Å². The lowest BCUT2D eigenvalue weighted by Gasteiger charge is -2.30. The molecule has 1 N–H and O–H groups in total. The van der Waals surface area contributed by atoms with E-state index in [0.29, 0.717) is 29.6 Å².